The van der Waals surface area contributed by atoms with Gasteiger partial charge in [0, 0.05) is 43.8 Å². The van der Waals surface area contributed by atoms with Crippen molar-refractivity contribution >= 4 is 27.5 Å². The summed E-state index contributed by atoms with van der Waals surface area (Å²) in [6.45, 7) is 6.46. The van der Waals surface area contributed by atoms with Crippen molar-refractivity contribution in [1.29, 1.82) is 0 Å². The average molecular weight is 430 g/mol. The molecule has 28 heavy (non-hydrogen) atoms. The van der Waals surface area contributed by atoms with E-state index < -0.39 is 10.0 Å². The Morgan fingerprint density at radius 1 is 1.25 bits per heavy atom. The highest BCUT2D eigenvalue weighted by atomic mass is 35.5. The van der Waals surface area contributed by atoms with Gasteiger partial charge in [-0.3, -0.25) is 9.69 Å². The highest BCUT2D eigenvalue weighted by Crippen LogP contribution is 2.25. The van der Waals surface area contributed by atoms with Gasteiger partial charge < -0.3 is 10.1 Å². The van der Waals surface area contributed by atoms with E-state index in [1.165, 1.54) is 16.4 Å². The maximum absolute atomic E-state index is 12.9. The monoisotopic (exact) mass is 429 g/mol. The minimum absolute atomic E-state index is 0.0730. The molecule has 2 saturated heterocycles. The number of hydrogen-bond acceptors (Lipinski definition) is 5. The number of hydrogen-bond donors (Lipinski definition) is 1. The number of morpholine rings is 1. The van der Waals surface area contributed by atoms with E-state index >= 15 is 0 Å². The van der Waals surface area contributed by atoms with Crippen LogP contribution in [0.1, 0.15) is 19.8 Å². The third-order valence-electron chi connectivity index (χ3n) is 5.45. The molecular formula is C19H28ClN3O4S. The van der Waals surface area contributed by atoms with E-state index in [9.17, 15) is 13.2 Å². The smallest absolute Gasteiger partial charge is 0.243 e. The average Bonchev–Trinajstić information content (AvgIpc) is 2.72. The van der Waals surface area contributed by atoms with Crippen LogP contribution in [-0.4, -0.2) is 75.5 Å². The molecule has 1 aromatic rings. The summed E-state index contributed by atoms with van der Waals surface area (Å²) in [5, 5.41) is 3.50. The molecule has 2 atom stereocenters. The first-order valence-corrected chi connectivity index (χ1v) is 11.5. The molecule has 0 aliphatic carbocycles. The van der Waals surface area contributed by atoms with Crippen LogP contribution in [0.2, 0.25) is 5.02 Å². The molecule has 9 heteroatoms. The first-order chi connectivity index (χ1) is 13.4. The molecule has 0 radical (unpaired) electrons. The van der Waals surface area contributed by atoms with Crippen LogP contribution < -0.4 is 5.32 Å². The van der Waals surface area contributed by atoms with Gasteiger partial charge in [-0.25, -0.2) is 8.42 Å². The number of piperidine rings is 1. The Morgan fingerprint density at radius 2 is 1.93 bits per heavy atom. The van der Waals surface area contributed by atoms with Gasteiger partial charge in [-0.05, 0) is 44.0 Å². The molecule has 2 aliphatic rings. The van der Waals surface area contributed by atoms with Gasteiger partial charge in [-0.2, -0.15) is 4.31 Å². The summed E-state index contributed by atoms with van der Waals surface area (Å²) >= 11 is 5.86. The zero-order valence-corrected chi connectivity index (χ0v) is 17.7. The van der Waals surface area contributed by atoms with Crippen molar-refractivity contribution in [2.45, 2.75) is 30.7 Å². The molecule has 1 N–H and O–H groups in total. The second-order valence-corrected chi connectivity index (χ2v) is 9.77. The fourth-order valence-electron chi connectivity index (χ4n) is 3.67. The van der Waals surface area contributed by atoms with Crippen LogP contribution in [0.4, 0.5) is 0 Å². The number of rotatable bonds is 6. The summed E-state index contributed by atoms with van der Waals surface area (Å²) in [4.78, 5) is 15.1. The fourth-order valence-corrected chi connectivity index (χ4v) is 5.32. The van der Waals surface area contributed by atoms with Gasteiger partial charge in [0.25, 0.3) is 0 Å². The summed E-state index contributed by atoms with van der Waals surface area (Å²) in [6, 6.07) is 6.37. The molecule has 0 saturated carbocycles. The Morgan fingerprint density at radius 3 is 2.61 bits per heavy atom. The Kier molecular flexibility index (Phi) is 7.33. The summed E-state index contributed by atoms with van der Waals surface area (Å²) in [5.41, 5.74) is 0. The number of benzene rings is 1. The van der Waals surface area contributed by atoms with Gasteiger partial charge in [0.1, 0.15) is 0 Å². The van der Waals surface area contributed by atoms with E-state index in [0.717, 1.165) is 26.3 Å². The standard InChI is InChI=1S/C19H28ClN3O4S/c1-15(22-9-11-27-12-10-22)13-21-19(24)16-3-2-8-23(14-16)28(25,26)18-6-4-17(20)5-7-18/h4-7,15-16H,2-3,8-14H2,1H3,(H,21,24). The van der Waals surface area contributed by atoms with Crippen LogP contribution in [0, 0.1) is 5.92 Å². The SMILES string of the molecule is CC(CNC(=O)C1CCCN(S(=O)(=O)c2ccc(Cl)cc2)C1)N1CCOCC1. The van der Waals surface area contributed by atoms with Crippen LogP contribution in [-0.2, 0) is 19.6 Å². The van der Waals surface area contributed by atoms with Crippen molar-refractivity contribution in [2.24, 2.45) is 5.92 Å². The molecule has 1 aromatic carbocycles. The quantitative estimate of drug-likeness (QED) is 0.742. The predicted octanol–water partition coefficient (Wildman–Crippen LogP) is 1.58. The van der Waals surface area contributed by atoms with E-state index in [4.69, 9.17) is 16.3 Å². The highest BCUT2D eigenvalue weighted by molar-refractivity contribution is 7.89. The predicted molar refractivity (Wildman–Crippen MR) is 108 cm³/mol. The second kappa shape index (κ2) is 9.54. The van der Waals surface area contributed by atoms with Crippen molar-refractivity contribution in [3.63, 3.8) is 0 Å². The van der Waals surface area contributed by atoms with Gasteiger partial charge in [-0.15, -0.1) is 0 Å². The highest BCUT2D eigenvalue weighted by Gasteiger charge is 2.33. The molecular weight excluding hydrogens is 402 g/mol. The second-order valence-electron chi connectivity index (χ2n) is 7.40. The summed E-state index contributed by atoms with van der Waals surface area (Å²) in [6.07, 6.45) is 1.37. The van der Waals surface area contributed by atoms with E-state index in [2.05, 4.69) is 17.1 Å². The first-order valence-electron chi connectivity index (χ1n) is 9.73. The van der Waals surface area contributed by atoms with E-state index in [0.29, 0.717) is 31.0 Å². The topological polar surface area (TPSA) is 79.0 Å². The zero-order chi connectivity index (χ0) is 20.1. The lowest BCUT2D eigenvalue weighted by Gasteiger charge is -2.34. The molecule has 2 fully saturated rings. The third kappa shape index (κ3) is 5.24. The molecule has 156 valence electrons. The van der Waals surface area contributed by atoms with Crippen molar-refractivity contribution in [3.8, 4) is 0 Å². The molecule has 2 unspecified atom stereocenters. The molecule has 2 aliphatic heterocycles. The van der Waals surface area contributed by atoms with E-state index in [-0.39, 0.29) is 29.3 Å². The Hall–Kier alpha value is -1.19. The zero-order valence-electron chi connectivity index (χ0n) is 16.1. The van der Waals surface area contributed by atoms with Gasteiger partial charge in [0.05, 0.1) is 24.0 Å². The number of halogens is 1. The van der Waals surface area contributed by atoms with Crippen molar-refractivity contribution < 1.29 is 17.9 Å². The largest absolute Gasteiger partial charge is 0.379 e. The van der Waals surface area contributed by atoms with E-state index in [1.807, 2.05) is 0 Å². The molecule has 2 heterocycles. The van der Waals surface area contributed by atoms with Crippen LogP contribution in [0.15, 0.2) is 29.2 Å². The van der Waals surface area contributed by atoms with Crippen molar-refractivity contribution in [2.75, 3.05) is 45.9 Å². The lowest BCUT2D eigenvalue weighted by Crippen LogP contribution is -2.50. The van der Waals surface area contributed by atoms with Gasteiger partial charge in [-0.1, -0.05) is 11.6 Å². The molecule has 0 aromatic heterocycles. The number of carbonyl (C=O) groups excluding carboxylic acids is 1. The molecule has 3 rings (SSSR count). The number of sulfonamides is 1. The maximum atomic E-state index is 12.9. The Labute approximate surface area is 172 Å². The summed E-state index contributed by atoms with van der Waals surface area (Å²) in [5.74, 6) is -0.399. The first kappa shape index (κ1) is 21.5. The van der Waals surface area contributed by atoms with Gasteiger partial charge in [0.15, 0.2) is 0 Å². The molecule has 7 nitrogen and oxygen atoms in total. The van der Waals surface area contributed by atoms with Crippen LogP contribution in [0.25, 0.3) is 0 Å². The van der Waals surface area contributed by atoms with Crippen LogP contribution in [0.3, 0.4) is 0 Å². The van der Waals surface area contributed by atoms with E-state index in [1.54, 1.807) is 12.1 Å². The number of carbonyl (C=O) groups is 1. The van der Waals surface area contributed by atoms with Crippen LogP contribution in [0.5, 0.6) is 0 Å². The minimum atomic E-state index is -3.62. The third-order valence-corrected chi connectivity index (χ3v) is 7.58. The normalized spacial score (nSPS) is 23.3. The van der Waals surface area contributed by atoms with Gasteiger partial charge in [0.2, 0.25) is 15.9 Å². The lowest BCUT2D eigenvalue weighted by molar-refractivity contribution is -0.126. The minimum Gasteiger partial charge on any atom is -0.379 e. The molecule has 0 spiro atoms. The molecule has 0 bridgehead atoms. The number of ether oxygens (including phenoxy) is 1. The number of nitrogens with zero attached hydrogens (tertiary/aromatic N) is 2. The van der Waals surface area contributed by atoms with Crippen molar-refractivity contribution in [1.82, 2.24) is 14.5 Å². The van der Waals surface area contributed by atoms with Crippen molar-refractivity contribution in [3.05, 3.63) is 29.3 Å². The summed E-state index contributed by atoms with van der Waals surface area (Å²) < 4.78 is 32.5. The van der Waals surface area contributed by atoms with Crippen LogP contribution >= 0.6 is 11.6 Å². The molecule has 1 amide bonds. The fraction of sp³-hybridized carbons (Fsp3) is 0.632. The maximum Gasteiger partial charge on any atom is 0.243 e. The Bertz CT molecular complexity index is 766. The number of amides is 1. The lowest BCUT2D eigenvalue weighted by atomic mass is 9.99. The number of nitrogens with one attached hydrogen (secondary N) is 1. The summed E-state index contributed by atoms with van der Waals surface area (Å²) in [7, 11) is -3.62. The van der Waals surface area contributed by atoms with Gasteiger partial charge >= 0.3 is 0 Å². The Balaban J connectivity index is 1.56.